The Morgan fingerprint density at radius 1 is 1.29 bits per heavy atom. The zero-order chi connectivity index (χ0) is 15.7. The summed E-state index contributed by atoms with van der Waals surface area (Å²) in [6.07, 6.45) is 7.79. The normalized spacial score (nSPS) is 10.8. The van der Waals surface area contributed by atoms with E-state index in [1.807, 2.05) is 0 Å². The highest BCUT2D eigenvalue weighted by atomic mass is 16.4. The van der Waals surface area contributed by atoms with Crippen LogP contribution in [0.2, 0.25) is 0 Å². The lowest BCUT2D eigenvalue weighted by atomic mass is 10.1. The average molecular weight is 292 g/mol. The summed E-state index contributed by atoms with van der Waals surface area (Å²) in [5, 5.41) is 17.3. The first-order valence-electron chi connectivity index (χ1n) is 6.77. The number of rotatable bonds is 8. The van der Waals surface area contributed by atoms with Gasteiger partial charge in [0.15, 0.2) is 0 Å². The summed E-state index contributed by atoms with van der Waals surface area (Å²) in [5.74, 6) is -1.20. The number of amides is 1. The molecule has 0 aliphatic heterocycles. The summed E-state index contributed by atoms with van der Waals surface area (Å²) in [5.41, 5.74) is 0.990. The summed E-state index contributed by atoms with van der Waals surface area (Å²) in [6, 6.07) is 1.61. The number of aromatic nitrogens is 1. The van der Waals surface area contributed by atoms with Crippen molar-refractivity contribution in [3.8, 4) is 0 Å². The topological polar surface area (TPSA) is 90.7 Å². The maximum Gasteiger partial charge on any atom is 0.328 e. The van der Waals surface area contributed by atoms with Gasteiger partial charge < -0.3 is 15.1 Å². The van der Waals surface area contributed by atoms with Crippen molar-refractivity contribution in [1.29, 1.82) is 0 Å². The quantitative estimate of drug-likeness (QED) is 0.558. The van der Waals surface area contributed by atoms with Crippen molar-refractivity contribution >= 4 is 18.0 Å². The van der Waals surface area contributed by atoms with Gasteiger partial charge in [-0.1, -0.05) is 0 Å². The molecule has 1 heterocycles. The first-order valence-corrected chi connectivity index (χ1v) is 6.77. The molecule has 0 radical (unpaired) electrons. The number of hydrogen-bond acceptors (Lipinski definition) is 4. The number of carboxylic acid groups (broad SMARTS) is 1. The number of carbonyl (C=O) groups is 2. The molecule has 0 spiro atoms. The minimum atomic E-state index is -1.05. The molecule has 2 N–H and O–H groups in total. The van der Waals surface area contributed by atoms with E-state index in [1.54, 1.807) is 18.0 Å². The number of carbonyl (C=O) groups excluding carboxylic acids is 1. The monoisotopic (exact) mass is 292 g/mol. The largest absolute Gasteiger partial charge is 0.478 e. The predicted molar refractivity (Wildman–Crippen MR) is 78.8 cm³/mol. The minimum absolute atomic E-state index is 0.155. The smallest absolute Gasteiger partial charge is 0.328 e. The third kappa shape index (κ3) is 6.18. The Labute approximate surface area is 123 Å². The van der Waals surface area contributed by atoms with Gasteiger partial charge in [-0.3, -0.25) is 9.78 Å². The molecule has 0 aromatic carbocycles. The Bertz CT molecular complexity index is 514. The van der Waals surface area contributed by atoms with E-state index in [0.717, 1.165) is 25.3 Å². The second-order valence-electron chi connectivity index (χ2n) is 4.69. The van der Waals surface area contributed by atoms with Crippen LogP contribution in [-0.4, -0.2) is 52.2 Å². The van der Waals surface area contributed by atoms with Crippen LogP contribution in [0.4, 0.5) is 0 Å². The predicted octanol–water partition coefficient (Wildman–Crippen LogP) is 1.41. The summed E-state index contributed by atoms with van der Waals surface area (Å²) >= 11 is 0. The van der Waals surface area contributed by atoms with Crippen LogP contribution in [0, 0.1) is 0 Å². The molecule has 1 rings (SSSR count). The van der Waals surface area contributed by atoms with Gasteiger partial charge in [0.05, 0.1) is 5.56 Å². The number of aliphatic hydroxyl groups is 1. The first-order chi connectivity index (χ1) is 10.0. The number of pyridine rings is 1. The molecule has 0 fully saturated rings. The lowest BCUT2D eigenvalue weighted by molar-refractivity contribution is -0.131. The fourth-order valence-electron chi connectivity index (χ4n) is 1.79. The Hall–Kier alpha value is -2.21. The second kappa shape index (κ2) is 8.86. The molecule has 1 amide bonds. The molecule has 0 aliphatic carbocycles. The van der Waals surface area contributed by atoms with Gasteiger partial charge in [0.1, 0.15) is 0 Å². The molecule has 6 nitrogen and oxygen atoms in total. The fraction of sp³-hybridized carbons (Fsp3) is 0.400. The maximum atomic E-state index is 12.2. The van der Waals surface area contributed by atoms with E-state index < -0.39 is 5.97 Å². The van der Waals surface area contributed by atoms with Crippen molar-refractivity contribution in [2.75, 3.05) is 20.2 Å². The van der Waals surface area contributed by atoms with Gasteiger partial charge in [-0.15, -0.1) is 0 Å². The summed E-state index contributed by atoms with van der Waals surface area (Å²) < 4.78 is 0. The van der Waals surface area contributed by atoms with Crippen molar-refractivity contribution in [1.82, 2.24) is 9.88 Å². The Morgan fingerprint density at radius 3 is 2.71 bits per heavy atom. The lowest BCUT2D eigenvalue weighted by Gasteiger charge is -2.17. The zero-order valence-corrected chi connectivity index (χ0v) is 12.0. The van der Waals surface area contributed by atoms with Gasteiger partial charge in [0.2, 0.25) is 0 Å². The molecule has 114 valence electrons. The van der Waals surface area contributed by atoms with Gasteiger partial charge >= 0.3 is 5.97 Å². The molecule has 0 bridgehead atoms. The van der Waals surface area contributed by atoms with Crippen LogP contribution in [0.3, 0.4) is 0 Å². The Balaban J connectivity index is 2.64. The summed E-state index contributed by atoms with van der Waals surface area (Å²) in [6.45, 7) is 0.771. The lowest BCUT2D eigenvalue weighted by Crippen LogP contribution is -2.27. The third-order valence-electron chi connectivity index (χ3n) is 2.92. The van der Waals surface area contributed by atoms with E-state index in [1.165, 1.54) is 18.5 Å². The molecule has 0 saturated carbocycles. The van der Waals surface area contributed by atoms with Crippen LogP contribution in [0.25, 0.3) is 6.08 Å². The molecular weight excluding hydrogens is 272 g/mol. The number of aliphatic hydroxyl groups excluding tert-OH is 1. The van der Waals surface area contributed by atoms with Crippen molar-refractivity contribution in [2.24, 2.45) is 0 Å². The molecule has 1 aromatic rings. The van der Waals surface area contributed by atoms with Crippen LogP contribution in [-0.2, 0) is 4.79 Å². The molecule has 6 heteroatoms. The van der Waals surface area contributed by atoms with Crippen LogP contribution < -0.4 is 0 Å². The average Bonchev–Trinajstić information content (AvgIpc) is 2.49. The highest BCUT2D eigenvalue weighted by Gasteiger charge is 2.11. The second-order valence-corrected chi connectivity index (χ2v) is 4.69. The first kappa shape index (κ1) is 16.8. The Kier molecular flexibility index (Phi) is 7.11. The van der Waals surface area contributed by atoms with E-state index >= 15 is 0 Å². The van der Waals surface area contributed by atoms with Gasteiger partial charge in [0.25, 0.3) is 5.91 Å². The van der Waals surface area contributed by atoms with E-state index in [-0.39, 0.29) is 12.5 Å². The number of nitrogens with zero attached hydrogens (tertiary/aromatic N) is 2. The Morgan fingerprint density at radius 2 is 2.05 bits per heavy atom. The molecular formula is C15H20N2O4. The van der Waals surface area contributed by atoms with Crippen LogP contribution in [0.1, 0.15) is 35.2 Å². The number of aliphatic carboxylic acids is 1. The van der Waals surface area contributed by atoms with Crippen molar-refractivity contribution in [3.05, 3.63) is 35.7 Å². The number of hydrogen-bond donors (Lipinski definition) is 2. The summed E-state index contributed by atoms with van der Waals surface area (Å²) in [7, 11) is 1.71. The highest BCUT2D eigenvalue weighted by molar-refractivity contribution is 5.94. The van der Waals surface area contributed by atoms with Crippen LogP contribution in [0.15, 0.2) is 24.5 Å². The zero-order valence-electron chi connectivity index (χ0n) is 12.0. The molecule has 0 atom stereocenters. The van der Waals surface area contributed by atoms with E-state index in [2.05, 4.69) is 4.98 Å². The minimum Gasteiger partial charge on any atom is -0.478 e. The maximum absolute atomic E-state index is 12.2. The van der Waals surface area contributed by atoms with Crippen LogP contribution >= 0.6 is 0 Å². The van der Waals surface area contributed by atoms with Gasteiger partial charge in [0, 0.05) is 38.7 Å². The highest BCUT2D eigenvalue weighted by Crippen LogP contribution is 2.08. The van der Waals surface area contributed by atoms with Crippen molar-refractivity contribution in [3.63, 3.8) is 0 Å². The third-order valence-corrected chi connectivity index (χ3v) is 2.92. The van der Waals surface area contributed by atoms with Gasteiger partial charge in [-0.05, 0) is 37.0 Å². The number of carboxylic acids is 1. The standard InChI is InChI=1S/C15H20N2O4/c1-17(7-3-2-4-8-18)15(21)13-9-12(10-16-11-13)5-6-14(19)20/h5-6,9-11,18H,2-4,7-8H2,1H3,(H,19,20)/b6-5+. The number of unbranched alkanes of at least 4 members (excludes halogenated alkanes) is 2. The van der Waals surface area contributed by atoms with Crippen molar-refractivity contribution < 1.29 is 19.8 Å². The van der Waals surface area contributed by atoms with E-state index in [4.69, 9.17) is 10.2 Å². The fourth-order valence-corrected chi connectivity index (χ4v) is 1.79. The van der Waals surface area contributed by atoms with Gasteiger partial charge in [-0.25, -0.2) is 4.79 Å². The van der Waals surface area contributed by atoms with Crippen molar-refractivity contribution in [2.45, 2.75) is 19.3 Å². The van der Waals surface area contributed by atoms with E-state index in [0.29, 0.717) is 17.7 Å². The molecule has 0 unspecified atom stereocenters. The van der Waals surface area contributed by atoms with Crippen LogP contribution in [0.5, 0.6) is 0 Å². The molecule has 0 aliphatic rings. The van der Waals surface area contributed by atoms with Gasteiger partial charge in [-0.2, -0.15) is 0 Å². The SMILES string of the molecule is CN(CCCCCO)C(=O)c1cncc(/C=C/C(=O)O)c1. The molecule has 1 aromatic heterocycles. The van der Waals surface area contributed by atoms with E-state index in [9.17, 15) is 9.59 Å². The summed E-state index contributed by atoms with van der Waals surface area (Å²) in [4.78, 5) is 28.2. The molecule has 0 saturated heterocycles. The molecule has 21 heavy (non-hydrogen) atoms.